The number of hydrogen-bond acceptors (Lipinski definition) is 2. The Morgan fingerprint density at radius 1 is 1.10 bits per heavy atom. The predicted molar refractivity (Wildman–Crippen MR) is 88.6 cm³/mol. The lowest BCUT2D eigenvalue weighted by molar-refractivity contribution is 0.564. The summed E-state index contributed by atoms with van der Waals surface area (Å²) in [4.78, 5) is 9.05. The van der Waals surface area contributed by atoms with E-state index in [9.17, 15) is 0 Å². The number of halogens is 3. The van der Waals surface area contributed by atoms with E-state index >= 15 is 0 Å². The molecule has 0 aliphatic heterocycles. The van der Waals surface area contributed by atoms with Crippen molar-refractivity contribution in [1.29, 1.82) is 0 Å². The monoisotopic (exact) mass is 372 g/mol. The highest BCUT2D eigenvalue weighted by molar-refractivity contribution is 9.10. The number of rotatable bonds is 1. The molecule has 106 valence electrons. The van der Waals surface area contributed by atoms with Gasteiger partial charge in [-0.15, -0.1) is 0 Å². The lowest BCUT2D eigenvalue weighted by Crippen LogP contribution is -2.16. The van der Waals surface area contributed by atoms with Crippen LogP contribution in [0.3, 0.4) is 0 Å². The first-order valence-electron chi connectivity index (χ1n) is 6.20. The summed E-state index contributed by atoms with van der Waals surface area (Å²) >= 11 is 15.7. The van der Waals surface area contributed by atoms with Gasteiger partial charge in [0.25, 0.3) is 0 Å². The fraction of sp³-hybridized carbons (Fsp3) is 0.333. The third-order valence-corrected chi connectivity index (χ3v) is 4.44. The molecule has 1 heterocycles. The minimum Gasteiger partial charge on any atom is -0.231 e. The third-order valence-electron chi connectivity index (χ3n) is 2.95. The summed E-state index contributed by atoms with van der Waals surface area (Å²) in [6.07, 6.45) is 0. The Balaban J connectivity index is 2.67. The van der Waals surface area contributed by atoms with E-state index in [2.05, 4.69) is 46.7 Å². The summed E-state index contributed by atoms with van der Waals surface area (Å²) in [5.74, 6) is 0.622. The van der Waals surface area contributed by atoms with Crippen molar-refractivity contribution in [3.63, 3.8) is 0 Å². The minimum absolute atomic E-state index is 0.125. The molecule has 0 radical (unpaired) electrons. The SMILES string of the molecule is Cc1cc(Cl)ccc1-c1nc(Cl)c(Br)c(C(C)(C)C)n1. The van der Waals surface area contributed by atoms with E-state index < -0.39 is 0 Å². The zero-order valence-electron chi connectivity index (χ0n) is 11.8. The molecule has 0 saturated heterocycles. The van der Waals surface area contributed by atoms with Crippen LogP contribution in [0.4, 0.5) is 0 Å². The Labute approximate surface area is 137 Å². The maximum atomic E-state index is 6.23. The van der Waals surface area contributed by atoms with Crippen LogP contribution in [-0.4, -0.2) is 9.97 Å². The number of hydrogen-bond donors (Lipinski definition) is 0. The van der Waals surface area contributed by atoms with Crippen molar-refractivity contribution in [2.45, 2.75) is 33.1 Å². The van der Waals surface area contributed by atoms with Crippen molar-refractivity contribution >= 4 is 39.1 Å². The molecule has 2 nitrogen and oxygen atoms in total. The van der Waals surface area contributed by atoms with Gasteiger partial charge in [0.05, 0.1) is 10.2 Å². The second kappa shape index (κ2) is 5.63. The maximum absolute atomic E-state index is 6.23. The Hall–Kier alpha value is -0.640. The van der Waals surface area contributed by atoms with Crippen molar-refractivity contribution in [2.75, 3.05) is 0 Å². The molecule has 0 unspecified atom stereocenters. The molecule has 2 aromatic rings. The molecule has 0 N–H and O–H groups in total. The molecule has 20 heavy (non-hydrogen) atoms. The quantitative estimate of drug-likeness (QED) is 0.588. The van der Waals surface area contributed by atoms with Crippen LogP contribution in [0.2, 0.25) is 10.2 Å². The van der Waals surface area contributed by atoms with Crippen LogP contribution in [0.25, 0.3) is 11.4 Å². The van der Waals surface area contributed by atoms with E-state index in [0.717, 1.165) is 21.3 Å². The zero-order valence-corrected chi connectivity index (χ0v) is 14.9. The summed E-state index contributed by atoms with van der Waals surface area (Å²) < 4.78 is 0.752. The standard InChI is InChI=1S/C15H15BrCl2N2/c1-8-7-9(17)5-6-10(8)14-19-12(15(2,3)4)11(16)13(18)20-14/h5-7H,1-4H3. The summed E-state index contributed by atoms with van der Waals surface area (Å²) in [6.45, 7) is 8.26. The molecule has 5 heteroatoms. The fourth-order valence-corrected chi connectivity index (χ4v) is 3.08. The highest BCUT2D eigenvalue weighted by Gasteiger charge is 2.23. The third kappa shape index (κ3) is 3.16. The lowest BCUT2D eigenvalue weighted by atomic mass is 9.92. The van der Waals surface area contributed by atoms with Gasteiger partial charge in [0.1, 0.15) is 5.15 Å². The highest BCUT2D eigenvalue weighted by Crippen LogP contribution is 2.34. The van der Waals surface area contributed by atoms with Crippen molar-refractivity contribution in [3.05, 3.63) is 44.1 Å². The molecular weight excluding hydrogens is 359 g/mol. The van der Waals surface area contributed by atoms with Gasteiger partial charge < -0.3 is 0 Å². The predicted octanol–water partition coefficient (Wildman–Crippen LogP) is 5.82. The zero-order chi connectivity index (χ0) is 15.1. The van der Waals surface area contributed by atoms with Gasteiger partial charge in [0.15, 0.2) is 5.82 Å². The Morgan fingerprint density at radius 3 is 2.30 bits per heavy atom. The molecule has 2 rings (SSSR count). The van der Waals surface area contributed by atoms with Crippen LogP contribution in [0.5, 0.6) is 0 Å². The summed E-state index contributed by atoms with van der Waals surface area (Å²) in [6, 6.07) is 5.65. The number of aromatic nitrogens is 2. The molecule has 0 saturated carbocycles. The average molecular weight is 374 g/mol. The lowest BCUT2D eigenvalue weighted by Gasteiger charge is -2.21. The van der Waals surface area contributed by atoms with Gasteiger partial charge in [0, 0.05) is 16.0 Å². The van der Waals surface area contributed by atoms with E-state index in [-0.39, 0.29) is 5.41 Å². The highest BCUT2D eigenvalue weighted by atomic mass is 79.9. The van der Waals surface area contributed by atoms with E-state index in [4.69, 9.17) is 23.2 Å². The molecule has 0 fully saturated rings. The van der Waals surface area contributed by atoms with Crippen LogP contribution >= 0.6 is 39.1 Å². The van der Waals surface area contributed by atoms with Crippen molar-refractivity contribution in [3.8, 4) is 11.4 Å². The van der Waals surface area contributed by atoms with Gasteiger partial charge in [-0.3, -0.25) is 0 Å². The van der Waals surface area contributed by atoms with Crippen molar-refractivity contribution < 1.29 is 0 Å². The average Bonchev–Trinajstić information content (AvgIpc) is 2.31. The van der Waals surface area contributed by atoms with Crippen LogP contribution in [0.15, 0.2) is 22.7 Å². The van der Waals surface area contributed by atoms with Gasteiger partial charge in [0.2, 0.25) is 0 Å². The maximum Gasteiger partial charge on any atom is 0.161 e. The summed E-state index contributed by atoms with van der Waals surface area (Å²) in [7, 11) is 0. The first kappa shape index (κ1) is 15.7. The fourth-order valence-electron chi connectivity index (χ4n) is 1.92. The molecule has 0 amide bonds. The number of benzene rings is 1. The first-order chi connectivity index (χ1) is 9.20. The second-order valence-electron chi connectivity index (χ2n) is 5.71. The van der Waals surface area contributed by atoms with Gasteiger partial charge in [-0.05, 0) is 46.6 Å². The van der Waals surface area contributed by atoms with Crippen LogP contribution in [-0.2, 0) is 5.41 Å². The van der Waals surface area contributed by atoms with Gasteiger partial charge in [-0.1, -0.05) is 44.0 Å². The van der Waals surface area contributed by atoms with Crippen LogP contribution in [0, 0.1) is 6.92 Å². The van der Waals surface area contributed by atoms with Crippen LogP contribution < -0.4 is 0 Å². The molecule has 1 aromatic carbocycles. The Bertz CT molecular complexity index is 664. The molecule has 0 atom stereocenters. The van der Waals surface area contributed by atoms with Crippen molar-refractivity contribution in [1.82, 2.24) is 9.97 Å². The molecule has 1 aromatic heterocycles. The molecule has 0 spiro atoms. The second-order valence-corrected chi connectivity index (χ2v) is 7.30. The minimum atomic E-state index is -0.125. The van der Waals surface area contributed by atoms with E-state index in [1.54, 1.807) is 0 Å². The smallest absolute Gasteiger partial charge is 0.161 e. The van der Waals surface area contributed by atoms with E-state index in [1.807, 2.05) is 25.1 Å². The molecule has 0 aliphatic carbocycles. The van der Waals surface area contributed by atoms with Crippen molar-refractivity contribution in [2.24, 2.45) is 0 Å². The Kier molecular flexibility index (Phi) is 4.43. The van der Waals surface area contributed by atoms with Gasteiger partial charge in [-0.2, -0.15) is 0 Å². The van der Waals surface area contributed by atoms with E-state index in [0.29, 0.717) is 16.0 Å². The topological polar surface area (TPSA) is 25.8 Å². The summed E-state index contributed by atoms with van der Waals surface area (Å²) in [5, 5.41) is 1.12. The molecule has 0 bridgehead atoms. The van der Waals surface area contributed by atoms with E-state index in [1.165, 1.54) is 0 Å². The largest absolute Gasteiger partial charge is 0.231 e. The van der Waals surface area contributed by atoms with Gasteiger partial charge >= 0.3 is 0 Å². The first-order valence-corrected chi connectivity index (χ1v) is 7.75. The normalized spacial score (nSPS) is 11.8. The van der Waals surface area contributed by atoms with Crippen LogP contribution in [0.1, 0.15) is 32.0 Å². The summed E-state index contributed by atoms with van der Waals surface area (Å²) in [5.41, 5.74) is 2.73. The Morgan fingerprint density at radius 2 is 1.75 bits per heavy atom. The molecular formula is C15H15BrCl2N2. The number of aryl methyl sites for hydroxylation is 1. The number of nitrogens with zero attached hydrogens (tertiary/aromatic N) is 2. The van der Waals surface area contributed by atoms with Gasteiger partial charge in [-0.25, -0.2) is 9.97 Å². The molecule has 0 aliphatic rings.